The van der Waals surface area contributed by atoms with Crippen molar-refractivity contribution in [1.29, 1.82) is 0 Å². The molecule has 1 aliphatic carbocycles. The Morgan fingerprint density at radius 2 is 2.24 bits per heavy atom. The monoisotopic (exact) mass is 319 g/mol. The van der Waals surface area contributed by atoms with E-state index < -0.39 is 0 Å². The van der Waals surface area contributed by atoms with Crippen molar-refractivity contribution < 1.29 is 0 Å². The highest BCUT2D eigenvalue weighted by molar-refractivity contribution is 8.01. The Morgan fingerprint density at radius 1 is 1.33 bits per heavy atom. The highest BCUT2D eigenvalue weighted by atomic mass is 32.2. The lowest BCUT2D eigenvalue weighted by atomic mass is 9.91. The molecule has 3 nitrogen and oxygen atoms in total. The number of nitrogens with zero attached hydrogens (tertiary/aromatic N) is 2. The lowest BCUT2D eigenvalue weighted by Gasteiger charge is -2.33. The predicted molar refractivity (Wildman–Crippen MR) is 89.0 cm³/mol. The minimum Gasteiger partial charge on any atom is -0.303 e. The molecule has 1 aliphatic heterocycles. The summed E-state index contributed by atoms with van der Waals surface area (Å²) in [7, 11) is 2.07. The fourth-order valence-corrected chi connectivity index (χ4v) is 6.20. The molecule has 3 atom stereocenters. The summed E-state index contributed by atoms with van der Waals surface area (Å²) in [5.41, 5.74) is 4.35. The number of hydrogen-bond donors (Lipinski definition) is 1. The third kappa shape index (κ3) is 2.45. The number of thiophene rings is 1. The molecule has 0 spiro atoms. The van der Waals surface area contributed by atoms with Gasteiger partial charge in [-0.1, -0.05) is 6.92 Å². The minimum atomic E-state index is 0.468. The summed E-state index contributed by atoms with van der Waals surface area (Å²) in [6.07, 6.45) is 6.96. The summed E-state index contributed by atoms with van der Waals surface area (Å²) in [6.45, 7) is 2.35. The van der Waals surface area contributed by atoms with E-state index in [1.807, 2.05) is 23.1 Å². The zero-order chi connectivity index (χ0) is 14.4. The summed E-state index contributed by atoms with van der Waals surface area (Å²) in [5.74, 6) is 0. The van der Waals surface area contributed by atoms with Gasteiger partial charge in [-0.15, -0.1) is 23.1 Å². The molecule has 5 heteroatoms. The second kappa shape index (κ2) is 5.45. The Bertz CT molecular complexity index is 646. The molecular formula is C16H21N3S2. The maximum atomic E-state index is 4.47. The largest absolute Gasteiger partial charge is 0.303 e. The molecule has 0 bridgehead atoms. The van der Waals surface area contributed by atoms with Gasteiger partial charge in [0.05, 0.1) is 10.4 Å². The summed E-state index contributed by atoms with van der Waals surface area (Å²) in [4.78, 5) is 0. The van der Waals surface area contributed by atoms with Crippen molar-refractivity contribution >= 4 is 23.1 Å². The molecule has 2 unspecified atom stereocenters. The van der Waals surface area contributed by atoms with E-state index in [1.54, 1.807) is 0 Å². The van der Waals surface area contributed by atoms with Gasteiger partial charge in [0.25, 0.3) is 0 Å². The number of nitrogens with one attached hydrogen (secondary N) is 1. The number of aryl methyl sites for hydroxylation is 1. The highest BCUT2D eigenvalue weighted by Crippen LogP contribution is 2.45. The number of hydrogen-bond acceptors (Lipinski definition) is 4. The fraction of sp³-hybridized carbons (Fsp3) is 0.562. The van der Waals surface area contributed by atoms with Crippen LogP contribution in [0.3, 0.4) is 0 Å². The Balaban J connectivity index is 1.60. The van der Waals surface area contributed by atoms with Gasteiger partial charge in [-0.25, -0.2) is 0 Å². The molecule has 1 N–H and O–H groups in total. The van der Waals surface area contributed by atoms with Gasteiger partial charge in [0.15, 0.2) is 0 Å². The van der Waals surface area contributed by atoms with Gasteiger partial charge in [-0.3, -0.25) is 4.68 Å². The van der Waals surface area contributed by atoms with Crippen LogP contribution in [-0.4, -0.2) is 15.0 Å². The SMILES string of the molecule is C[C@H]1CC(NC2CCCc3c2cnn3C)c2ccsc2S1. The van der Waals surface area contributed by atoms with Gasteiger partial charge < -0.3 is 5.32 Å². The first kappa shape index (κ1) is 13.9. The lowest BCUT2D eigenvalue weighted by Crippen LogP contribution is -2.32. The molecule has 0 radical (unpaired) electrons. The second-order valence-corrected chi connectivity index (χ2v) is 8.79. The Labute approximate surface area is 134 Å². The third-order valence-corrected chi connectivity index (χ3v) is 7.03. The van der Waals surface area contributed by atoms with Crippen molar-refractivity contribution in [2.75, 3.05) is 0 Å². The quantitative estimate of drug-likeness (QED) is 0.905. The maximum absolute atomic E-state index is 4.47. The Hall–Kier alpha value is -0.780. The zero-order valence-electron chi connectivity index (χ0n) is 12.5. The summed E-state index contributed by atoms with van der Waals surface area (Å²) in [5, 5.41) is 11.3. The predicted octanol–water partition coefficient (Wildman–Crippen LogP) is 4.07. The molecule has 21 heavy (non-hydrogen) atoms. The van der Waals surface area contributed by atoms with Crippen LogP contribution in [0.4, 0.5) is 0 Å². The van der Waals surface area contributed by atoms with Crippen LogP contribution in [0.1, 0.15) is 55.1 Å². The first-order chi connectivity index (χ1) is 10.2. The van der Waals surface area contributed by atoms with E-state index in [2.05, 4.69) is 46.7 Å². The van der Waals surface area contributed by atoms with E-state index in [-0.39, 0.29) is 0 Å². The smallest absolute Gasteiger partial charge is 0.0649 e. The fourth-order valence-electron chi connectivity index (χ4n) is 3.63. The first-order valence-electron chi connectivity index (χ1n) is 7.73. The van der Waals surface area contributed by atoms with Crippen molar-refractivity contribution in [1.82, 2.24) is 15.1 Å². The molecule has 0 fully saturated rings. The van der Waals surface area contributed by atoms with E-state index in [1.165, 1.54) is 46.7 Å². The number of aromatic nitrogens is 2. The number of fused-ring (bicyclic) bond motifs is 2. The molecule has 2 aromatic rings. The lowest BCUT2D eigenvalue weighted by molar-refractivity contribution is 0.378. The van der Waals surface area contributed by atoms with Crippen molar-refractivity contribution in [2.45, 2.75) is 54.1 Å². The standard InChI is InChI=1S/C16H21N3S2/c1-10-8-14(11-6-7-20-16(11)21-10)18-13-4-3-5-15-12(13)9-17-19(15)2/h6-7,9-10,13-14,18H,3-5,8H2,1-2H3/t10-,13?,14?/m0/s1. The molecule has 4 rings (SSSR count). The van der Waals surface area contributed by atoms with Crippen LogP contribution in [0.5, 0.6) is 0 Å². The maximum Gasteiger partial charge on any atom is 0.0649 e. The number of thioether (sulfide) groups is 1. The van der Waals surface area contributed by atoms with Crippen molar-refractivity contribution in [2.24, 2.45) is 7.05 Å². The Kier molecular flexibility index (Phi) is 3.59. The molecule has 3 heterocycles. The van der Waals surface area contributed by atoms with Crippen molar-refractivity contribution in [3.05, 3.63) is 34.5 Å². The summed E-state index contributed by atoms with van der Waals surface area (Å²) in [6, 6.07) is 3.28. The average molecular weight is 319 g/mol. The van der Waals surface area contributed by atoms with Crippen LogP contribution in [0, 0.1) is 0 Å². The molecule has 0 saturated heterocycles. The van der Waals surface area contributed by atoms with E-state index in [9.17, 15) is 0 Å². The van der Waals surface area contributed by atoms with Gasteiger partial charge in [-0.2, -0.15) is 5.10 Å². The van der Waals surface area contributed by atoms with Crippen LogP contribution < -0.4 is 5.32 Å². The van der Waals surface area contributed by atoms with Gasteiger partial charge in [0, 0.05) is 35.6 Å². The third-order valence-electron chi connectivity index (χ3n) is 4.69. The van der Waals surface area contributed by atoms with Crippen molar-refractivity contribution in [3.63, 3.8) is 0 Å². The van der Waals surface area contributed by atoms with Crippen molar-refractivity contribution in [3.8, 4) is 0 Å². The van der Waals surface area contributed by atoms with E-state index in [4.69, 9.17) is 0 Å². The summed E-state index contributed by atoms with van der Waals surface area (Å²) >= 11 is 3.93. The molecular weight excluding hydrogens is 298 g/mol. The first-order valence-corrected chi connectivity index (χ1v) is 9.49. The topological polar surface area (TPSA) is 29.9 Å². The van der Waals surface area contributed by atoms with Crippen LogP contribution in [0.2, 0.25) is 0 Å². The molecule has 2 aliphatic rings. The normalized spacial score (nSPS) is 28.2. The van der Waals surface area contributed by atoms with Crippen LogP contribution >= 0.6 is 23.1 Å². The van der Waals surface area contributed by atoms with Gasteiger partial charge in [0.2, 0.25) is 0 Å². The molecule has 0 aromatic carbocycles. The van der Waals surface area contributed by atoms with Gasteiger partial charge in [-0.05, 0) is 42.7 Å². The average Bonchev–Trinajstić information content (AvgIpc) is 3.07. The number of rotatable bonds is 2. The van der Waals surface area contributed by atoms with E-state index in [0.717, 1.165) is 0 Å². The van der Waals surface area contributed by atoms with Gasteiger partial charge in [0.1, 0.15) is 0 Å². The van der Waals surface area contributed by atoms with Crippen LogP contribution in [0.15, 0.2) is 21.9 Å². The van der Waals surface area contributed by atoms with Crippen LogP contribution in [0.25, 0.3) is 0 Å². The molecule has 0 amide bonds. The second-order valence-electron chi connectivity index (χ2n) is 6.16. The van der Waals surface area contributed by atoms with E-state index in [0.29, 0.717) is 17.3 Å². The zero-order valence-corrected chi connectivity index (χ0v) is 14.1. The Morgan fingerprint density at radius 3 is 3.14 bits per heavy atom. The molecule has 2 aromatic heterocycles. The van der Waals surface area contributed by atoms with Gasteiger partial charge >= 0.3 is 0 Å². The van der Waals surface area contributed by atoms with E-state index >= 15 is 0 Å². The highest BCUT2D eigenvalue weighted by Gasteiger charge is 2.30. The minimum absolute atomic E-state index is 0.468. The summed E-state index contributed by atoms with van der Waals surface area (Å²) < 4.78 is 3.56. The molecule has 0 saturated carbocycles. The van der Waals surface area contributed by atoms with Crippen LogP contribution in [-0.2, 0) is 13.5 Å². The molecule has 112 valence electrons.